The van der Waals surface area contributed by atoms with Crippen LogP contribution in [0.25, 0.3) is 0 Å². The molecule has 2 unspecified atom stereocenters. The maximum atomic E-state index is 5.63. The van der Waals surface area contributed by atoms with Crippen molar-refractivity contribution in [3.8, 4) is 0 Å². The summed E-state index contributed by atoms with van der Waals surface area (Å²) in [4.78, 5) is 0.445. The van der Waals surface area contributed by atoms with E-state index in [1.54, 1.807) is 7.11 Å². The van der Waals surface area contributed by atoms with E-state index in [9.17, 15) is 0 Å². The fraction of sp³-hybridized carbons (Fsp3) is 0.500. The van der Waals surface area contributed by atoms with Crippen LogP contribution in [0.4, 0.5) is 5.69 Å². The molecule has 2 rings (SSSR count). The number of aryl methyl sites for hydroxylation is 1. The van der Waals surface area contributed by atoms with Crippen LogP contribution in [0.3, 0.4) is 0 Å². The summed E-state index contributed by atoms with van der Waals surface area (Å²) < 4.78 is 5.49. The first-order chi connectivity index (χ1) is 8.61. The van der Waals surface area contributed by atoms with E-state index in [-0.39, 0.29) is 0 Å². The molecule has 0 amide bonds. The molecule has 0 saturated heterocycles. The molecule has 18 heavy (non-hydrogen) atoms. The maximum Gasteiger partial charge on any atom is 0.103 e. The van der Waals surface area contributed by atoms with Crippen LogP contribution in [0, 0.1) is 6.92 Å². The van der Waals surface area contributed by atoms with E-state index < -0.39 is 0 Å². The lowest BCUT2D eigenvalue weighted by molar-refractivity contribution is 0.101. The van der Waals surface area contributed by atoms with Crippen molar-refractivity contribution in [3.63, 3.8) is 0 Å². The topological polar surface area (TPSA) is 47.3 Å². The van der Waals surface area contributed by atoms with Gasteiger partial charge in [-0.3, -0.25) is 0 Å². The van der Waals surface area contributed by atoms with Crippen LogP contribution in [0.5, 0.6) is 0 Å². The summed E-state index contributed by atoms with van der Waals surface area (Å²) in [6.45, 7) is 2.07. The van der Waals surface area contributed by atoms with Crippen molar-refractivity contribution in [2.75, 3.05) is 12.4 Å². The van der Waals surface area contributed by atoms with E-state index in [1.807, 2.05) is 12.1 Å². The summed E-state index contributed by atoms with van der Waals surface area (Å²) in [5.74, 6) is 0. The van der Waals surface area contributed by atoms with E-state index in [1.165, 1.54) is 12.0 Å². The van der Waals surface area contributed by atoms with Crippen LogP contribution in [0.15, 0.2) is 18.2 Å². The van der Waals surface area contributed by atoms with Gasteiger partial charge in [0.2, 0.25) is 0 Å². The third kappa shape index (κ3) is 2.82. The van der Waals surface area contributed by atoms with Crippen molar-refractivity contribution in [3.05, 3.63) is 29.3 Å². The number of rotatable bonds is 4. The van der Waals surface area contributed by atoms with Gasteiger partial charge in [-0.2, -0.15) is 0 Å². The second-order valence-electron chi connectivity index (χ2n) is 4.85. The van der Waals surface area contributed by atoms with Crippen LogP contribution >= 0.6 is 12.2 Å². The van der Waals surface area contributed by atoms with Gasteiger partial charge in [0.1, 0.15) is 4.99 Å². The Bertz CT molecular complexity index is 447. The molecule has 1 aromatic carbocycles. The van der Waals surface area contributed by atoms with E-state index >= 15 is 0 Å². The molecule has 1 aliphatic rings. The number of methoxy groups -OCH3 is 1. The highest BCUT2D eigenvalue weighted by atomic mass is 32.1. The van der Waals surface area contributed by atoms with Crippen molar-refractivity contribution < 1.29 is 4.74 Å². The summed E-state index contributed by atoms with van der Waals surface area (Å²) in [6, 6.07) is 6.45. The second-order valence-corrected chi connectivity index (χ2v) is 5.29. The Labute approximate surface area is 114 Å². The first kappa shape index (κ1) is 13.3. The van der Waals surface area contributed by atoms with E-state index in [0.717, 1.165) is 24.1 Å². The number of ether oxygens (including phenoxy) is 1. The molecule has 1 aliphatic carbocycles. The molecule has 0 aromatic heterocycles. The third-order valence-corrected chi connectivity index (χ3v) is 3.84. The minimum atomic E-state index is 0.319. The summed E-state index contributed by atoms with van der Waals surface area (Å²) in [5, 5.41) is 3.57. The third-order valence-electron chi connectivity index (χ3n) is 3.61. The lowest BCUT2D eigenvalue weighted by Gasteiger charge is -2.22. The fourth-order valence-electron chi connectivity index (χ4n) is 2.55. The van der Waals surface area contributed by atoms with Gasteiger partial charge in [0, 0.05) is 18.4 Å². The van der Waals surface area contributed by atoms with Gasteiger partial charge in [-0.25, -0.2) is 0 Å². The Hall–Kier alpha value is -1.13. The molecule has 4 heteroatoms. The highest BCUT2D eigenvalue weighted by molar-refractivity contribution is 7.80. The molecule has 0 bridgehead atoms. The number of thiocarbonyl (C=S) groups is 1. The number of hydrogen-bond donors (Lipinski definition) is 2. The van der Waals surface area contributed by atoms with E-state index in [2.05, 4.69) is 18.3 Å². The average Bonchev–Trinajstić information content (AvgIpc) is 2.78. The molecule has 0 radical (unpaired) electrons. The Kier molecular flexibility index (Phi) is 4.19. The Morgan fingerprint density at radius 1 is 1.44 bits per heavy atom. The highest BCUT2D eigenvalue weighted by Crippen LogP contribution is 2.26. The van der Waals surface area contributed by atoms with Gasteiger partial charge < -0.3 is 15.8 Å². The van der Waals surface area contributed by atoms with Crippen molar-refractivity contribution in [2.24, 2.45) is 5.73 Å². The number of nitrogens with one attached hydrogen (secondary N) is 1. The van der Waals surface area contributed by atoms with Gasteiger partial charge >= 0.3 is 0 Å². The predicted molar refractivity (Wildman–Crippen MR) is 79.1 cm³/mol. The molecule has 0 spiro atoms. The molecule has 1 fully saturated rings. The van der Waals surface area contributed by atoms with Gasteiger partial charge in [-0.15, -0.1) is 0 Å². The number of anilines is 1. The highest BCUT2D eigenvalue weighted by Gasteiger charge is 2.27. The molecule has 98 valence electrons. The van der Waals surface area contributed by atoms with Crippen LogP contribution in [0.1, 0.15) is 30.4 Å². The first-order valence-corrected chi connectivity index (χ1v) is 6.72. The Morgan fingerprint density at radius 3 is 2.83 bits per heavy atom. The van der Waals surface area contributed by atoms with Crippen molar-refractivity contribution in [1.29, 1.82) is 0 Å². The Balaban J connectivity index is 2.12. The fourth-order valence-corrected chi connectivity index (χ4v) is 2.68. The van der Waals surface area contributed by atoms with E-state index in [4.69, 9.17) is 22.7 Å². The molecule has 0 heterocycles. The number of nitrogens with two attached hydrogens (primary N) is 1. The molecular weight excluding hydrogens is 244 g/mol. The second kappa shape index (κ2) is 5.67. The largest absolute Gasteiger partial charge is 0.389 e. The molecular formula is C14H20N2OS. The van der Waals surface area contributed by atoms with Crippen LogP contribution in [-0.4, -0.2) is 24.2 Å². The Morgan fingerprint density at radius 2 is 2.22 bits per heavy atom. The lowest BCUT2D eigenvalue weighted by Crippen LogP contribution is -2.30. The standard InChI is InChI=1S/C14H20N2OS/c1-9-8-10(14(15)18)6-7-11(9)16-12-4-3-5-13(12)17-2/h6-8,12-13,16H,3-5H2,1-2H3,(H2,15,18). The van der Waals surface area contributed by atoms with Crippen LogP contribution in [-0.2, 0) is 4.74 Å². The van der Waals surface area contributed by atoms with Crippen LogP contribution < -0.4 is 11.1 Å². The van der Waals surface area contributed by atoms with Crippen molar-refractivity contribution in [1.82, 2.24) is 0 Å². The van der Waals surface area contributed by atoms with Gasteiger partial charge in [-0.1, -0.05) is 12.2 Å². The molecule has 3 N–H and O–H groups in total. The molecule has 2 atom stereocenters. The van der Waals surface area contributed by atoms with Gasteiger partial charge in [0.05, 0.1) is 12.1 Å². The first-order valence-electron chi connectivity index (χ1n) is 6.31. The number of hydrogen-bond acceptors (Lipinski definition) is 3. The van der Waals surface area contributed by atoms with Crippen molar-refractivity contribution in [2.45, 2.75) is 38.3 Å². The van der Waals surface area contributed by atoms with E-state index in [0.29, 0.717) is 17.1 Å². The normalized spacial score (nSPS) is 23.0. The van der Waals surface area contributed by atoms with Crippen LogP contribution in [0.2, 0.25) is 0 Å². The molecule has 0 aliphatic heterocycles. The van der Waals surface area contributed by atoms with Gasteiger partial charge in [0.15, 0.2) is 0 Å². The molecule has 3 nitrogen and oxygen atoms in total. The molecule has 1 saturated carbocycles. The summed E-state index contributed by atoms with van der Waals surface area (Å²) >= 11 is 4.98. The monoisotopic (exact) mass is 264 g/mol. The summed E-state index contributed by atoms with van der Waals surface area (Å²) in [5.41, 5.74) is 8.86. The zero-order valence-electron chi connectivity index (χ0n) is 10.9. The summed E-state index contributed by atoms with van der Waals surface area (Å²) in [6.07, 6.45) is 3.84. The zero-order valence-corrected chi connectivity index (χ0v) is 11.7. The SMILES string of the molecule is COC1CCCC1Nc1ccc(C(N)=S)cc1C. The smallest absolute Gasteiger partial charge is 0.103 e. The quantitative estimate of drug-likeness (QED) is 0.821. The zero-order chi connectivity index (χ0) is 13.1. The van der Waals surface area contributed by atoms with Gasteiger partial charge in [-0.05, 0) is 49.9 Å². The lowest BCUT2D eigenvalue weighted by atomic mass is 10.1. The molecule has 1 aromatic rings. The predicted octanol–water partition coefficient (Wildman–Crippen LogP) is 2.61. The number of benzene rings is 1. The minimum absolute atomic E-state index is 0.319. The van der Waals surface area contributed by atoms with Gasteiger partial charge in [0.25, 0.3) is 0 Å². The summed E-state index contributed by atoms with van der Waals surface area (Å²) in [7, 11) is 1.79. The average molecular weight is 264 g/mol. The van der Waals surface area contributed by atoms with Crippen molar-refractivity contribution >= 4 is 22.9 Å². The maximum absolute atomic E-state index is 5.63. The minimum Gasteiger partial charge on any atom is -0.389 e.